The Morgan fingerprint density at radius 2 is 2.14 bits per heavy atom. The smallest absolute Gasteiger partial charge is 0.0629 e. The van der Waals surface area contributed by atoms with Crippen LogP contribution in [0.15, 0.2) is 36.4 Å². The van der Waals surface area contributed by atoms with Crippen LogP contribution in [0.3, 0.4) is 0 Å². The predicted octanol–water partition coefficient (Wildman–Crippen LogP) is 2.36. The van der Waals surface area contributed by atoms with Crippen LogP contribution in [0.25, 0.3) is 0 Å². The monoisotopic (exact) mass is 185 g/mol. The molecule has 0 heterocycles. The van der Waals surface area contributed by atoms with Gasteiger partial charge in [-0.3, -0.25) is 0 Å². The molecule has 0 bridgehead atoms. The molecule has 0 fully saturated rings. The number of hydrogen-bond donors (Lipinski definition) is 1. The zero-order valence-electron chi connectivity index (χ0n) is 8.24. The zero-order valence-corrected chi connectivity index (χ0v) is 8.24. The number of allylic oxidation sites excluding steroid dienone is 1. The Morgan fingerprint density at radius 3 is 3.07 bits per heavy atom. The first-order valence-corrected chi connectivity index (χ1v) is 5.36. The molecule has 72 valence electrons. The normalized spacial score (nSPS) is 33.9. The van der Waals surface area contributed by atoms with Crippen molar-refractivity contribution in [3.8, 4) is 0 Å². The molecule has 0 saturated carbocycles. The van der Waals surface area contributed by atoms with Crippen molar-refractivity contribution in [1.29, 1.82) is 0 Å². The Morgan fingerprint density at radius 1 is 1.29 bits per heavy atom. The number of fused-ring (bicyclic) bond motifs is 3. The van der Waals surface area contributed by atoms with Crippen LogP contribution in [0, 0.1) is 5.92 Å². The van der Waals surface area contributed by atoms with E-state index in [2.05, 4.69) is 36.4 Å². The third kappa shape index (κ3) is 0.934. The molecule has 1 heteroatoms. The molecule has 0 saturated heterocycles. The average Bonchev–Trinajstić information content (AvgIpc) is 2.51. The fourth-order valence-electron chi connectivity index (χ4n) is 2.92. The SMILES string of the molecule is N[C@]12C=CCCC1Cc1ccccc12. The second-order valence-electron chi connectivity index (χ2n) is 4.47. The summed E-state index contributed by atoms with van der Waals surface area (Å²) in [4.78, 5) is 0. The van der Waals surface area contributed by atoms with Gasteiger partial charge in [0.25, 0.3) is 0 Å². The van der Waals surface area contributed by atoms with Gasteiger partial charge in [-0.15, -0.1) is 0 Å². The summed E-state index contributed by atoms with van der Waals surface area (Å²) in [6.07, 6.45) is 8.04. The molecule has 3 rings (SSSR count). The third-order valence-electron chi connectivity index (χ3n) is 3.70. The second-order valence-corrected chi connectivity index (χ2v) is 4.47. The van der Waals surface area contributed by atoms with Gasteiger partial charge in [0, 0.05) is 0 Å². The summed E-state index contributed by atoms with van der Waals surface area (Å²) in [6.45, 7) is 0. The van der Waals surface area contributed by atoms with Gasteiger partial charge >= 0.3 is 0 Å². The van der Waals surface area contributed by atoms with Crippen LogP contribution in [0.1, 0.15) is 24.0 Å². The Balaban J connectivity index is 2.18. The fourth-order valence-corrected chi connectivity index (χ4v) is 2.92. The zero-order chi connectivity index (χ0) is 9.60. The largest absolute Gasteiger partial charge is 0.318 e. The maximum Gasteiger partial charge on any atom is 0.0629 e. The van der Waals surface area contributed by atoms with Gasteiger partial charge in [-0.2, -0.15) is 0 Å². The third-order valence-corrected chi connectivity index (χ3v) is 3.70. The van der Waals surface area contributed by atoms with Crippen LogP contribution in [-0.4, -0.2) is 0 Å². The van der Waals surface area contributed by atoms with Gasteiger partial charge in [-0.1, -0.05) is 36.4 Å². The van der Waals surface area contributed by atoms with Crippen molar-refractivity contribution in [2.75, 3.05) is 0 Å². The van der Waals surface area contributed by atoms with E-state index in [9.17, 15) is 0 Å². The summed E-state index contributed by atoms with van der Waals surface area (Å²) < 4.78 is 0. The summed E-state index contributed by atoms with van der Waals surface area (Å²) in [6, 6.07) is 8.61. The molecule has 2 aliphatic rings. The molecule has 0 radical (unpaired) electrons. The van der Waals surface area contributed by atoms with Crippen LogP contribution >= 0.6 is 0 Å². The van der Waals surface area contributed by atoms with Gasteiger partial charge in [0.2, 0.25) is 0 Å². The van der Waals surface area contributed by atoms with Crippen molar-refractivity contribution in [2.24, 2.45) is 11.7 Å². The second kappa shape index (κ2) is 2.71. The minimum Gasteiger partial charge on any atom is -0.318 e. The first kappa shape index (κ1) is 8.25. The van der Waals surface area contributed by atoms with E-state index in [1.807, 2.05) is 0 Å². The van der Waals surface area contributed by atoms with Gasteiger partial charge in [0.1, 0.15) is 0 Å². The number of rotatable bonds is 0. The Labute approximate surface area is 84.6 Å². The summed E-state index contributed by atoms with van der Waals surface area (Å²) >= 11 is 0. The Kier molecular flexibility index (Phi) is 1.59. The molecular weight excluding hydrogens is 170 g/mol. The first-order valence-electron chi connectivity index (χ1n) is 5.36. The number of benzene rings is 1. The molecule has 0 spiro atoms. The average molecular weight is 185 g/mol. The number of nitrogens with two attached hydrogens (primary N) is 1. The molecule has 1 unspecified atom stereocenters. The van der Waals surface area contributed by atoms with E-state index < -0.39 is 0 Å². The van der Waals surface area contributed by atoms with Crippen LogP contribution in [0.2, 0.25) is 0 Å². The van der Waals surface area contributed by atoms with Crippen molar-refractivity contribution in [1.82, 2.24) is 0 Å². The van der Waals surface area contributed by atoms with E-state index in [-0.39, 0.29) is 5.54 Å². The molecule has 1 nitrogen and oxygen atoms in total. The lowest BCUT2D eigenvalue weighted by Gasteiger charge is -2.32. The minimum absolute atomic E-state index is 0.158. The topological polar surface area (TPSA) is 26.0 Å². The van der Waals surface area contributed by atoms with Crippen molar-refractivity contribution in [3.05, 3.63) is 47.5 Å². The quantitative estimate of drug-likeness (QED) is 0.617. The van der Waals surface area contributed by atoms with Gasteiger partial charge in [0.05, 0.1) is 5.54 Å². The van der Waals surface area contributed by atoms with E-state index in [1.165, 1.54) is 24.0 Å². The molecule has 0 aliphatic heterocycles. The lowest BCUT2D eigenvalue weighted by Crippen LogP contribution is -2.40. The predicted molar refractivity (Wildman–Crippen MR) is 57.9 cm³/mol. The van der Waals surface area contributed by atoms with Crippen molar-refractivity contribution < 1.29 is 0 Å². The molecule has 1 aromatic carbocycles. The summed E-state index contributed by atoms with van der Waals surface area (Å²) in [5.41, 5.74) is 9.13. The maximum absolute atomic E-state index is 6.49. The lowest BCUT2D eigenvalue weighted by molar-refractivity contribution is 0.335. The van der Waals surface area contributed by atoms with Crippen molar-refractivity contribution in [2.45, 2.75) is 24.8 Å². The standard InChI is InChI=1S/C13H15N/c14-13-8-4-3-6-11(13)9-10-5-1-2-7-12(10)13/h1-2,4-5,7-8,11H,3,6,9,14H2/t11?,13-/m1/s1. The molecule has 14 heavy (non-hydrogen) atoms. The number of hydrogen-bond acceptors (Lipinski definition) is 1. The van der Waals surface area contributed by atoms with Crippen molar-refractivity contribution >= 4 is 0 Å². The highest BCUT2D eigenvalue weighted by Gasteiger charge is 2.42. The van der Waals surface area contributed by atoms with Gasteiger partial charge < -0.3 is 5.73 Å². The van der Waals surface area contributed by atoms with Crippen LogP contribution < -0.4 is 5.73 Å². The molecule has 1 aromatic rings. The van der Waals surface area contributed by atoms with E-state index in [4.69, 9.17) is 5.73 Å². The Hall–Kier alpha value is -1.08. The highest BCUT2D eigenvalue weighted by atomic mass is 14.8. The van der Waals surface area contributed by atoms with E-state index in [0.717, 1.165) is 6.42 Å². The summed E-state index contributed by atoms with van der Waals surface area (Å²) in [5, 5.41) is 0. The van der Waals surface area contributed by atoms with E-state index in [0.29, 0.717) is 5.92 Å². The molecule has 2 aliphatic carbocycles. The highest BCUT2D eigenvalue weighted by Crippen LogP contribution is 2.44. The van der Waals surface area contributed by atoms with Crippen molar-refractivity contribution in [3.63, 3.8) is 0 Å². The van der Waals surface area contributed by atoms with Crippen LogP contribution in [-0.2, 0) is 12.0 Å². The van der Waals surface area contributed by atoms with Crippen LogP contribution in [0.5, 0.6) is 0 Å². The summed E-state index contributed by atoms with van der Waals surface area (Å²) in [5.74, 6) is 0.630. The fraction of sp³-hybridized carbons (Fsp3) is 0.385. The van der Waals surface area contributed by atoms with Gasteiger partial charge in [0.15, 0.2) is 0 Å². The molecule has 0 aromatic heterocycles. The molecule has 2 N–H and O–H groups in total. The molecule has 0 amide bonds. The maximum atomic E-state index is 6.49. The highest BCUT2D eigenvalue weighted by molar-refractivity contribution is 5.44. The van der Waals surface area contributed by atoms with Crippen LogP contribution in [0.4, 0.5) is 0 Å². The molecule has 2 atom stereocenters. The first-order chi connectivity index (χ1) is 6.81. The van der Waals surface area contributed by atoms with Gasteiger partial charge in [-0.05, 0) is 36.3 Å². The summed E-state index contributed by atoms with van der Waals surface area (Å²) in [7, 11) is 0. The molecular formula is C13H15N. The Bertz CT molecular complexity index is 394. The van der Waals surface area contributed by atoms with E-state index >= 15 is 0 Å². The minimum atomic E-state index is -0.158. The van der Waals surface area contributed by atoms with E-state index in [1.54, 1.807) is 0 Å². The van der Waals surface area contributed by atoms with Gasteiger partial charge in [-0.25, -0.2) is 0 Å². The lowest BCUT2D eigenvalue weighted by atomic mass is 9.78.